The van der Waals surface area contributed by atoms with Gasteiger partial charge in [0.15, 0.2) is 22.5 Å². The molecule has 0 saturated carbocycles. The number of nitrogens with two attached hydrogens (primary N) is 1. The number of fused-ring (bicyclic) bond motifs is 2. The molecule has 2 N–H and O–H groups in total. The van der Waals surface area contributed by atoms with Gasteiger partial charge in [0.25, 0.3) is 0 Å². The van der Waals surface area contributed by atoms with Gasteiger partial charge in [0.1, 0.15) is 5.52 Å². The highest BCUT2D eigenvalue weighted by Gasteiger charge is 2.20. The summed E-state index contributed by atoms with van der Waals surface area (Å²) in [6, 6.07) is 8.02. The molecule has 0 saturated heterocycles. The Morgan fingerprint density at radius 1 is 1.25 bits per heavy atom. The molecule has 4 aromatic rings. The predicted octanol–water partition coefficient (Wildman–Crippen LogP) is 4.96. The van der Waals surface area contributed by atoms with Gasteiger partial charge in [0.05, 0.1) is 5.52 Å². The molecule has 0 fully saturated rings. The van der Waals surface area contributed by atoms with Crippen LogP contribution in [0.4, 0.5) is 5.82 Å². The summed E-state index contributed by atoms with van der Waals surface area (Å²) in [4.78, 5) is 9.99. The number of pyridine rings is 1. The zero-order valence-electron chi connectivity index (χ0n) is 14.6. The molecule has 0 spiro atoms. The van der Waals surface area contributed by atoms with Crippen LogP contribution in [0, 0.1) is 0 Å². The zero-order chi connectivity index (χ0) is 19.1. The summed E-state index contributed by atoms with van der Waals surface area (Å²) in [5, 5.41) is 5.14. The Morgan fingerprint density at radius 2 is 2.11 bits per heavy atom. The van der Waals surface area contributed by atoms with E-state index in [0.717, 1.165) is 50.0 Å². The third-order valence-electron chi connectivity index (χ3n) is 4.49. The molecule has 9 heteroatoms. The average molecular weight is 475 g/mol. The molecule has 0 radical (unpaired) electrons. The molecule has 6 nitrogen and oxygen atoms in total. The lowest BCUT2D eigenvalue weighted by atomic mass is 10.2. The highest BCUT2D eigenvalue weighted by atomic mass is 79.9. The summed E-state index contributed by atoms with van der Waals surface area (Å²) >= 11 is 6.91. The van der Waals surface area contributed by atoms with E-state index in [1.165, 1.54) is 5.56 Å². The number of aromatic nitrogens is 3. The van der Waals surface area contributed by atoms with Crippen LogP contribution in [-0.2, 0) is 13.0 Å². The van der Waals surface area contributed by atoms with Gasteiger partial charge in [-0.15, -0.1) is 0 Å². The van der Waals surface area contributed by atoms with E-state index in [2.05, 4.69) is 42.3 Å². The maximum atomic E-state index is 6.09. The van der Waals surface area contributed by atoms with E-state index in [1.54, 1.807) is 29.3 Å². The Hall–Kier alpha value is -2.23. The maximum absolute atomic E-state index is 6.09. The van der Waals surface area contributed by atoms with Crippen LogP contribution in [0.1, 0.15) is 5.56 Å². The van der Waals surface area contributed by atoms with Gasteiger partial charge in [-0.05, 0) is 62.9 Å². The third kappa shape index (κ3) is 3.23. The number of rotatable bonds is 5. The summed E-state index contributed by atoms with van der Waals surface area (Å²) in [6.07, 6.45) is 2.65. The van der Waals surface area contributed by atoms with E-state index in [1.807, 2.05) is 18.2 Å². The Bertz CT molecular complexity index is 1160. The summed E-state index contributed by atoms with van der Waals surface area (Å²) < 4.78 is 14.1. The topological polar surface area (TPSA) is 75.2 Å². The van der Waals surface area contributed by atoms with Crippen molar-refractivity contribution in [2.75, 3.05) is 12.5 Å². The SMILES string of the molecule is Nc1nccc2c1nc(Sc1cc3c(cc1Br)OCO3)n2CCc1ccsc1. The number of hydrogen-bond donors (Lipinski definition) is 1. The van der Waals surface area contributed by atoms with E-state index in [0.29, 0.717) is 5.82 Å². The van der Waals surface area contributed by atoms with Crippen LogP contribution < -0.4 is 15.2 Å². The molecule has 0 amide bonds. The lowest BCUT2D eigenvalue weighted by molar-refractivity contribution is 0.174. The fourth-order valence-electron chi connectivity index (χ4n) is 3.10. The minimum atomic E-state index is 0.247. The molecule has 0 atom stereocenters. The first-order chi connectivity index (χ1) is 13.7. The van der Waals surface area contributed by atoms with Gasteiger partial charge >= 0.3 is 0 Å². The largest absolute Gasteiger partial charge is 0.454 e. The number of anilines is 1. The van der Waals surface area contributed by atoms with Crippen molar-refractivity contribution in [2.24, 2.45) is 0 Å². The van der Waals surface area contributed by atoms with E-state index in [9.17, 15) is 0 Å². The van der Waals surface area contributed by atoms with Crippen LogP contribution in [0.2, 0.25) is 0 Å². The molecule has 1 aliphatic heterocycles. The Kier molecular flexibility index (Phi) is 4.65. The monoisotopic (exact) mass is 474 g/mol. The van der Waals surface area contributed by atoms with Crippen molar-refractivity contribution in [3.8, 4) is 11.5 Å². The summed E-state index contributed by atoms with van der Waals surface area (Å²) in [5.74, 6) is 1.93. The molecule has 0 bridgehead atoms. The highest BCUT2D eigenvalue weighted by molar-refractivity contribution is 9.10. The fraction of sp³-hybridized carbons (Fsp3) is 0.158. The Labute approximate surface area is 177 Å². The van der Waals surface area contributed by atoms with Crippen molar-refractivity contribution < 1.29 is 9.47 Å². The van der Waals surface area contributed by atoms with Crippen LogP contribution in [-0.4, -0.2) is 21.3 Å². The number of halogens is 1. The molecule has 0 unspecified atom stereocenters. The molecule has 0 aliphatic carbocycles. The molecule has 4 heterocycles. The number of thiophene rings is 1. The molecule has 5 rings (SSSR count). The minimum absolute atomic E-state index is 0.247. The number of imidazole rings is 1. The predicted molar refractivity (Wildman–Crippen MR) is 114 cm³/mol. The van der Waals surface area contributed by atoms with E-state index in [4.69, 9.17) is 20.2 Å². The smallest absolute Gasteiger partial charge is 0.231 e. The number of nitrogens with zero attached hydrogens (tertiary/aromatic N) is 3. The maximum Gasteiger partial charge on any atom is 0.231 e. The Morgan fingerprint density at radius 3 is 2.93 bits per heavy atom. The van der Waals surface area contributed by atoms with Gasteiger partial charge in [0.2, 0.25) is 6.79 Å². The first-order valence-electron chi connectivity index (χ1n) is 8.58. The standard InChI is InChI=1S/C19H15BrN4O2S2/c20-12-7-14-15(26-10-25-14)8-16(12)28-19-23-17-13(1-4-22-18(17)21)24(19)5-2-11-3-6-27-9-11/h1,3-4,6-9H,2,5,10H2,(H2,21,22). The van der Waals surface area contributed by atoms with E-state index in [-0.39, 0.29) is 6.79 Å². The second-order valence-corrected chi connectivity index (χ2v) is 8.87. The second-order valence-electron chi connectivity index (χ2n) is 6.23. The van der Waals surface area contributed by atoms with Gasteiger partial charge in [-0.25, -0.2) is 9.97 Å². The van der Waals surface area contributed by atoms with Crippen LogP contribution in [0.15, 0.2) is 55.7 Å². The first-order valence-corrected chi connectivity index (χ1v) is 11.1. The molecule has 142 valence electrons. The number of aryl methyl sites for hydroxylation is 2. The van der Waals surface area contributed by atoms with Crippen LogP contribution in [0.5, 0.6) is 11.5 Å². The summed E-state index contributed by atoms with van der Waals surface area (Å²) in [7, 11) is 0. The van der Waals surface area contributed by atoms with Crippen molar-refractivity contribution in [3.63, 3.8) is 0 Å². The van der Waals surface area contributed by atoms with Crippen LogP contribution >= 0.6 is 39.0 Å². The van der Waals surface area contributed by atoms with Crippen LogP contribution in [0.25, 0.3) is 11.0 Å². The Balaban J connectivity index is 1.54. The number of benzene rings is 1. The quantitative estimate of drug-likeness (QED) is 0.440. The lowest BCUT2D eigenvalue weighted by Crippen LogP contribution is -2.03. The number of hydrogen-bond acceptors (Lipinski definition) is 7. The van der Waals surface area contributed by atoms with Crippen molar-refractivity contribution in [3.05, 3.63) is 51.3 Å². The summed E-state index contributed by atoms with van der Waals surface area (Å²) in [6.45, 7) is 1.05. The van der Waals surface area contributed by atoms with E-state index < -0.39 is 0 Å². The molecular weight excluding hydrogens is 460 g/mol. The van der Waals surface area contributed by atoms with Gasteiger partial charge in [-0.3, -0.25) is 0 Å². The number of ether oxygens (including phenoxy) is 2. The van der Waals surface area contributed by atoms with E-state index >= 15 is 0 Å². The van der Waals surface area contributed by atoms with Crippen LogP contribution in [0.3, 0.4) is 0 Å². The van der Waals surface area contributed by atoms with Gasteiger partial charge in [-0.2, -0.15) is 11.3 Å². The van der Waals surface area contributed by atoms with Gasteiger partial charge in [-0.1, -0.05) is 11.8 Å². The molecule has 3 aromatic heterocycles. The van der Waals surface area contributed by atoms with Crippen molar-refractivity contribution >= 4 is 55.9 Å². The molecule has 1 aromatic carbocycles. The van der Waals surface area contributed by atoms with Gasteiger partial charge < -0.3 is 19.8 Å². The number of nitrogen functional groups attached to an aromatic ring is 1. The highest BCUT2D eigenvalue weighted by Crippen LogP contribution is 2.43. The fourth-order valence-corrected chi connectivity index (χ4v) is 5.32. The van der Waals surface area contributed by atoms with Crippen molar-refractivity contribution in [1.82, 2.24) is 14.5 Å². The second kappa shape index (κ2) is 7.31. The molecule has 28 heavy (non-hydrogen) atoms. The lowest BCUT2D eigenvalue weighted by Gasteiger charge is -2.10. The zero-order valence-corrected chi connectivity index (χ0v) is 17.8. The minimum Gasteiger partial charge on any atom is -0.454 e. The van der Waals surface area contributed by atoms with Gasteiger partial charge in [0, 0.05) is 22.1 Å². The third-order valence-corrected chi connectivity index (χ3v) is 7.20. The van der Waals surface area contributed by atoms with Crippen molar-refractivity contribution in [2.45, 2.75) is 23.0 Å². The van der Waals surface area contributed by atoms with Crippen molar-refractivity contribution in [1.29, 1.82) is 0 Å². The normalized spacial score (nSPS) is 12.8. The molecular formula is C19H15BrN4O2S2. The first kappa shape index (κ1) is 17.8. The average Bonchev–Trinajstić information content (AvgIpc) is 3.41. The summed E-state index contributed by atoms with van der Waals surface area (Å²) in [5.41, 5.74) is 9.12. The molecule has 1 aliphatic rings.